The second-order valence-electron chi connectivity index (χ2n) is 14.4. The molecule has 0 bridgehead atoms. The maximum atomic E-state index is 7.02. The van der Waals surface area contributed by atoms with Crippen LogP contribution in [0, 0.1) is 0 Å². The molecule has 0 fully saturated rings. The van der Waals surface area contributed by atoms with Gasteiger partial charge >= 0.3 is 0 Å². The van der Waals surface area contributed by atoms with Crippen molar-refractivity contribution in [2.24, 2.45) is 0 Å². The van der Waals surface area contributed by atoms with Crippen LogP contribution in [0.25, 0.3) is 66.1 Å². The first-order chi connectivity index (χ1) is 25.1. The van der Waals surface area contributed by atoms with Crippen LogP contribution in [-0.4, -0.2) is 0 Å². The second-order valence-corrected chi connectivity index (χ2v) is 14.4. The van der Waals surface area contributed by atoms with Gasteiger partial charge in [-0.25, -0.2) is 0 Å². The quantitative estimate of drug-likeness (QED) is 0.169. The van der Waals surface area contributed by atoms with Crippen LogP contribution in [0.4, 0.5) is 0 Å². The van der Waals surface area contributed by atoms with Crippen molar-refractivity contribution >= 4 is 32.7 Å². The molecule has 0 saturated carbocycles. The molecule has 0 spiro atoms. The molecule has 8 aromatic carbocycles. The second kappa shape index (κ2) is 11.4. The first-order valence-electron chi connectivity index (χ1n) is 17.9. The Hall–Kier alpha value is -6.18. The van der Waals surface area contributed by atoms with Gasteiger partial charge in [0.1, 0.15) is 11.2 Å². The molecule has 1 heterocycles. The Balaban J connectivity index is 1.21. The fourth-order valence-corrected chi connectivity index (χ4v) is 8.73. The molecule has 1 atom stereocenters. The van der Waals surface area contributed by atoms with Gasteiger partial charge in [0, 0.05) is 27.7 Å². The summed E-state index contributed by atoms with van der Waals surface area (Å²) in [6.07, 6.45) is 0. The lowest BCUT2D eigenvalue weighted by atomic mass is 9.81. The van der Waals surface area contributed by atoms with Crippen molar-refractivity contribution in [1.82, 2.24) is 0 Å². The fourth-order valence-electron chi connectivity index (χ4n) is 8.73. The maximum Gasteiger partial charge on any atom is 0.143 e. The Bertz CT molecular complexity index is 2750. The van der Waals surface area contributed by atoms with Crippen molar-refractivity contribution in [3.05, 3.63) is 204 Å². The van der Waals surface area contributed by atoms with Gasteiger partial charge in [0.15, 0.2) is 0 Å². The van der Waals surface area contributed by atoms with E-state index in [2.05, 4.69) is 190 Å². The van der Waals surface area contributed by atoms with E-state index < -0.39 is 0 Å². The summed E-state index contributed by atoms with van der Waals surface area (Å²) >= 11 is 0. The molecule has 51 heavy (non-hydrogen) atoms. The largest absolute Gasteiger partial charge is 0.455 e. The van der Waals surface area contributed by atoms with E-state index in [1.54, 1.807) is 0 Å². The van der Waals surface area contributed by atoms with Crippen molar-refractivity contribution in [1.29, 1.82) is 0 Å². The van der Waals surface area contributed by atoms with Gasteiger partial charge < -0.3 is 4.42 Å². The molecule has 0 saturated heterocycles. The minimum absolute atomic E-state index is 0.0229. The van der Waals surface area contributed by atoms with Gasteiger partial charge in [-0.2, -0.15) is 0 Å². The van der Waals surface area contributed by atoms with Crippen molar-refractivity contribution in [3.63, 3.8) is 0 Å². The van der Waals surface area contributed by atoms with Crippen molar-refractivity contribution in [2.75, 3.05) is 0 Å². The number of rotatable bonds is 5. The van der Waals surface area contributed by atoms with Gasteiger partial charge in [0.05, 0.1) is 0 Å². The molecule has 10 rings (SSSR count). The number of furan rings is 1. The number of benzene rings is 8. The molecule has 0 amide bonds. The van der Waals surface area contributed by atoms with E-state index in [1.807, 2.05) is 0 Å². The Morgan fingerprint density at radius 2 is 1.12 bits per heavy atom. The molecular weight excluding hydrogens is 617 g/mol. The topological polar surface area (TPSA) is 13.1 Å². The van der Waals surface area contributed by atoms with E-state index >= 15 is 0 Å². The average Bonchev–Trinajstić information content (AvgIpc) is 3.67. The highest BCUT2D eigenvalue weighted by Gasteiger charge is 2.35. The third-order valence-corrected chi connectivity index (χ3v) is 11.2. The van der Waals surface area contributed by atoms with Crippen molar-refractivity contribution in [2.45, 2.75) is 25.2 Å². The highest BCUT2D eigenvalue weighted by atomic mass is 16.3. The van der Waals surface area contributed by atoms with Gasteiger partial charge in [-0.15, -0.1) is 0 Å². The molecular formula is C50H36O. The molecule has 1 unspecified atom stereocenters. The Kier molecular flexibility index (Phi) is 6.66. The number of fused-ring (bicyclic) bond motifs is 7. The average molecular weight is 653 g/mol. The third kappa shape index (κ3) is 4.62. The van der Waals surface area contributed by atoms with Crippen LogP contribution < -0.4 is 0 Å². The molecule has 0 radical (unpaired) electrons. The SMILES string of the molecule is CC1(C)c2ccccc2-c2ccc(-c3c4ccccc4cc4c3oc3cccc(C(c5ccccc5)c5ccc(-c6ccccc6)cc5)c34)cc21. The maximum absolute atomic E-state index is 7.02. The van der Waals surface area contributed by atoms with E-state index in [1.165, 1.54) is 71.8 Å². The Labute approximate surface area is 298 Å². The lowest BCUT2D eigenvalue weighted by Gasteiger charge is -2.22. The minimum atomic E-state index is -0.0916. The van der Waals surface area contributed by atoms with Gasteiger partial charge in [-0.3, -0.25) is 0 Å². The summed E-state index contributed by atoms with van der Waals surface area (Å²) < 4.78 is 7.02. The monoisotopic (exact) mass is 652 g/mol. The van der Waals surface area contributed by atoms with Gasteiger partial charge in [0.2, 0.25) is 0 Å². The van der Waals surface area contributed by atoms with Crippen LogP contribution in [-0.2, 0) is 5.41 Å². The summed E-state index contributed by atoms with van der Waals surface area (Å²) in [5.74, 6) is 0.0229. The highest BCUT2D eigenvalue weighted by Crippen LogP contribution is 2.51. The minimum Gasteiger partial charge on any atom is -0.455 e. The third-order valence-electron chi connectivity index (χ3n) is 11.2. The molecule has 0 N–H and O–H groups in total. The van der Waals surface area contributed by atoms with Gasteiger partial charge in [-0.05, 0) is 84.6 Å². The smallest absolute Gasteiger partial charge is 0.143 e. The van der Waals surface area contributed by atoms with Crippen LogP contribution in [0.5, 0.6) is 0 Å². The summed E-state index contributed by atoms with van der Waals surface area (Å²) in [7, 11) is 0. The van der Waals surface area contributed by atoms with E-state index in [4.69, 9.17) is 4.42 Å². The predicted molar refractivity (Wildman–Crippen MR) is 213 cm³/mol. The molecule has 1 nitrogen and oxygen atoms in total. The molecule has 242 valence electrons. The molecule has 1 heteroatoms. The van der Waals surface area contributed by atoms with Crippen LogP contribution in [0.1, 0.15) is 47.6 Å². The molecule has 1 aliphatic rings. The van der Waals surface area contributed by atoms with Crippen LogP contribution in [0.2, 0.25) is 0 Å². The number of hydrogen-bond donors (Lipinski definition) is 0. The summed E-state index contributed by atoms with van der Waals surface area (Å²) in [5.41, 5.74) is 15.7. The van der Waals surface area contributed by atoms with E-state index in [9.17, 15) is 0 Å². The first kappa shape index (κ1) is 29.7. The zero-order chi connectivity index (χ0) is 34.1. The zero-order valence-corrected chi connectivity index (χ0v) is 28.7. The molecule has 1 aliphatic carbocycles. The summed E-state index contributed by atoms with van der Waals surface area (Å²) in [6.45, 7) is 4.70. The molecule has 1 aromatic heterocycles. The molecule has 0 aliphatic heterocycles. The fraction of sp³-hybridized carbons (Fsp3) is 0.0800. The van der Waals surface area contributed by atoms with E-state index in [0.717, 1.165) is 22.1 Å². The summed E-state index contributed by atoms with van der Waals surface area (Å²) in [6, 6.07) is 64.2. The van der Waals surface area contributed by atoms with Gasteiger partial charge in [0.25, 0.3) is 0 Å². The predicted octanol–water partition coefficient (Wildman–Crippen LogP) is 13.6. The lowest BCUT2D eigenvalue weighted by molar-refractivity contribution is 0.660. The Morgan fingerprint density at radius 1 is 0.471 bits per heavy atom. The highest BCUT2D eigenvalue weighted by molar-refractivity contribution is 6.19. The van der Waals surface area contributed by atoms with Crippen molar-refractivity contribution in [3.8, 4) is 33.4 Å². The number of hydrogen-bond acceptors (Lipinski definition) is 1. The van der Waals surface area contributed by atoms with Crippen molar-refractivity contribution < 1.29 is 4.42 Å². The molecule has 9 aromatic rings. The Morgan fingerprint density at radius 3 is 1.94 bits per heavy atom. The lowest BCUT2D eigenvalue weighted by Crippen LogP contribution is -2.14. The first-order valence-corrected chi connectivity index (χ1v) is 17.9. The van der Waals surface area contributed by atoms with E-state index in [-0.39, 0.29) is 11.3 Å². The van der Waals surface area contributed by atoms with Crippen LogP contribution in [0.3, 0.4) is 0 Å². The zero-order valence-electron chi connectivity index (χ0n) is 28.7. The summed E-state index contributed by atoms with van der Waals surface area (Å²) in [4.78, 5) is 0. The normalized spacial score (nSPS) is 13.8. The standard InChI is InChI=1S/C50H36O/c1-50(2)43-22-12-11-20-39(43)40-29-28-37(31-44(40)50)47-38-19-10-9-18-36(38)30-42-48-41(21-13-23-45(48)51-49(42)47)46(34-16-7-4-8-17-34)35-26-24-33(25-27-35)32-14-5-3-6-15-32/h3-31,46H,1-2H3. The van der Waals surface area contributed by atoms with Crippen LogP contribution >= 0.6 is 0 Å². The summed E-state index contributed by atoms with van der Waals surface area (Å²) in [5, 5.41) is 4.74. The van der Waals surface area contributed by atoms with E-state index in [0.29, 0.717) is 0 Å². The van der Waals surface area contributed by atoms with Crippen LogP contribution in [0.15, 0.2) is 180 Å². The van der Waals surface area contributed by atoms with Gasteiger partial charge in [-0.1, -0.05) is 172 Å².